The van der Waals surface area contributed by atoms with E-state index in [4.69, 9.17) is 9.47 Å². The molecule has 0 aliphatic rings. The molecule has 0 N–H and O–H groups in total. The summed E-state index contributed by atoms with van der Waals surface area (Å²) in [7, 11) is 0. The van der Waals surface area contributed by atoms with Crippen LogP contribution in [0.1, 0.15) is 65.3 Å². The van der Waals surface area contributed by atoms with Crippen molar-refractivity contribution in [1.29, 1.82) is 0 Å². The molecule has 0 heterocycles. The van der Waals surface area contributed by atoms with Crippen LogP contribution in [0, 0.1) is 0 Å². The Labute approximate surface area is 175 Å². The van der Waals surface area contributed by atoms with Crippen LogP contribution >= 0.6 is 15.9 Å². The zero-order chi connectivity index (χ0) is 20.2. The van der Waals surface area contributed by atoms with Gasteiger partial charge in [-0.05, 0) is 42.3 Å². The Hall–Kier alpha value is -2.14. The number of hydrogen-bond acceptors (Lipinski definition) is 4. The van der Waals surface area contributed by atoms with Gasteiger partial charge in [-0.25, -0.2) is 9.59 Å². The van der Waals surface area contributed by atoms with Gasteiger partial charge in [0.25, 0.3) is 0 Å². The van der Waals surface area contributed by atoms with E-state index in [2.05, 4.69) is 22.9 Å². The summed E-state index contributed by atoms with van der Waals surface area (Å²) in [6.07, 6.45) is 6.17. The number of esters is 2. The lowest BCUT2D eigenvalue weighted by Crippen LogP contribution is -2.10. The summed E-state index contributed by atoms with van der Waals surface area (Å²) in [4.78, 5) is 24.2. The van der Waals surface area contributed by atoms with E-state index < -0.39 is 5.97 Å². The standard InChI is InChI=1S/C23H27BrO4/c1-2-3-4-5-8-16-27-22(25)19-11-13-20(14-12-19)23(26)28-17-15-18-9-6-7-10-21(18)24/h6-7,9-14H,2-5,8,15-17H2,1H3. The summed E-state index contributed by atoms with van der Waals surface area (Å²) in [6, 6.07) is 14.2. The van der Waals surface area contributed by atoms with Gasteiger partial charge in [-0.1, -0.05) is 66.7 Å². The van der Waals surface area contributed by atoms with Gasteiger partial charge in [-0.3, -0.25) is 0 Å². The molecular weight excluding hydrogens is 420 g/mol. The minimum absolute atomic E-state index is 0.295. The molecule has 0 spiro atoms. The zero-order valence-electron chi connectivity index (χ0n) is 16.3. The first-order valence-corrected chi connectivity index (χ1v) is 10.6. The van der Waals surface area contributed by atoms with Crippen molar-refractivity contribution in [2.75, 3.05) is 13.2 Å². The molecule has 0 unspecified atom stereocenters. The van der Waals surface area contributed by atoms with Crippen LogP contribution in [0.2, 0.25) is 0 Å². The third-order valence-electron chi connectivity index (χ3n) is 4.40. The zero-order valence-corrected chi connectivity index (χ0v) is 17.9. The van der Waals surface area contributed by atoms with E-state index in [-0.39, 0.29) is 5.97 Å². The molecule has 150 valence electrons. The van der Waals surface area contributed by atoms with Crippen LogP contribution in [0.25, 0.3) is 0 Å². The Bertz CT molecular complexity index is 755. The predicted octanol–water partition coefficient (Wildman–Crippen LogP) is 5.98. The minimum Gasteiger partial charge on any atom is -0.462 e. The lowest BCUT2D eigenvalue weighted by atomic mass is 10.1. The molecule has 0 aliphatic carbocycles. The van der Waals surface area contributed by atoms with Crippen LogP contribution in [0.4, 0.5) is 0 Å². The average Bonchev–Trinajstić information content (AvgIpc) is 2.72. The first-order valence-electron chi connectivity index (χ1n) is 9.79. The predicted molar refractivity (Wildman–Crippen MR) is 114 cm³/mol. The van der Waals surface area contributed by atoms with Gasteiger partial charge in [0.1, 0.15) is 0 Å². The number of ether oxygens (including phenoxy) is 2. The van der Waals surface area contributed by atoms with Crippen LogP contribution in [-0.4, -0.2) is 25.2 Å². The molecular formula is C23H27BrO4. The topological polar surface area (TPSA) is 52.6 Å². The molecule has 0 atom stereocenters. The van der Waals surface area contributed by atoms with Crippen molar-refractivity contribution in [1.82, 2.24) is 0 Å². The van der Waals surface area contributed by atoms with Gasteiger partial charge in [0.15, 0.2) is 0 Å². The van der Waals surface area contributed by atoms with E-state index in [1.807, 2.05) is 24.3 Å². The molecule has 0 aromatic heterocycles. The quantitative estimate of drug-likeness (QED) is 0.314. The van der Waals surface area contributed by atoms with Crippen molar-refractivity contribution in [3.8, 4) is 0 Å². The highest BCUT2D eigenvalue weighted by Crippen LogP contribution is 2.16. The lowest BCUT2D eigenvalue weighted by molar-refractivity contribution is 0.0487. The van der Waals surface area contributed by atoms with E-state index in [1.165, 1.54) is 19.3 Å². The molecule has 0 saturated carbocycles. The number of halogens is 1. The first-order chi connectivity index (χ1) is 13.6. The molecule has 0 aliphatic heterocycles. The van der Waals surface area contributed by atoms with Crippen molar-refractivity contribution in [2.24, 2.45) is 0 Å². The number of carbonyl (C=O) groups excluding carboxylic acids is 2. The van der Waals surface area contributed by atoms with Crippen molar-refractivity contribution in [3.05, 3.63) is 69.7 Å². The molecule has 0 bridgehead atoms. The summed E-state index contributed by atoms with van der Waals surface area (Å²) in [5, 5.41) is 0. The van der Waals surface area contributed by atoms with E-state index in [0.29, 0.717) is 30.8 Å². The van der Waals surface area contributed by atoms with Crippen LogP contribution < -0.4 is 0 Å². The maximum atomic E-state index is 12.1. The van der Waals surface area contributed by atoms with Gasteiger partial charge in [0, 0.05) is 10.9 Å². The summed E-state index contributed by atoms with van der Waals surface area (Å²) in [5.74, 6) is -0.757. The minimum atomic E-state index is -0.400. The summed E-state index contributed by atoms with van der Waals surface area (Å²) >= 11 is 3.48. The van der Waals surface area contributed by atoms with E-state index in [0.717, 1.165) is 22.9 Å². The molecule has 5 heteroatoms. The molecule has 2 aromatic rings. The second-order valence-electron chi connectivity index (χ2n) is 6.60. The Kier molecular flexibility index (Phi) is 9.77. The molecule has 2 aromatic carbocycles. The Morgan fingerprint density at radius 1 is 0.786 bits per heavy atom. The van der Waals surface area contributed by atoms with Crippen molar-refractivity contribution in [2.45, 2.75) is 45.4 Å². The van der Waals surface area contributed by atoms with Crippen molar-refractivity contribution < 1.29 is 19.1 Å². The van der Waals surface area contributed by atoms with Crippen molar-refractivity contribution >= 4 is 27.9 Å². The molecule has 2 rings (SSSR count). The highest BCUT2D eigenvalue weighted by Gasteiger charge is 2.11. The molecule has 28 heavy (non-hydrogen) atoms. The molecule has 0 fully saturated rings. The molecule has 0 radical (unpaired) electrons. The Balaban J connectivity index is 1.74. The number of carbonyl (C=O) groups is 2. The fraction of sp³-hybridized carbons (Fsp3) is 0.391. The average molecular weight is 447 g/mol. The van der Waals surface area contributed by atoms with E-state index in [1.54, 1.807) is 24.3 Å². The SMILES string of the molecule is CCCCCCCOC(=O)c1ccc(C(=O)OCCc2ccccc2Br)cc1. The highest BCUT2D eigenvalue weighted by atomic mass is 79.9. The van der Waals surface area contributed by atoms with Crippen molar-refractivity contribution in [3.63, 3.8) is 0 Å². The number of rotatable bonds is 11. The molecule has 0 saturated heterocycles. The smallest absolute Gasteiger partial charge is 0.338 e. The summed E-state index contributed by atoms with van der Waals surface area (Å²) in [5.41, 5.74) is 1.95. The number of benzene rings is 2. The van der Waals surface area contributed by atoms with Gasteiger partial charge >= 0.3 is 11.9 Å². The van der Waals surface area contributed by atoms with Gasteiger partial charge in [-0.15, -0.1) is 0 Å². The first kappa shape index (κ1) is 22.2. The Morgan fingerprint density at radius 3 is 1.96 bits per heavy atom. The third kappa shape index (κ3) is 7.47. The Morgan fingerprint density at radius 2 is 1.36 bits per heavy atom. The molecule has 4 nitrogen and oxygen atoms in total. The van der Waals surface area contributed by atoms with Crippen LogP contribution in [0.5, 0.6) is 0 Å². The third-order valence-corrected chi connectivity index (χ3v) is 5.17. The summed E-state index contributed by atoms with van der Waals surface area (Å²) in [6.45, 7) is 2.90. The second kappa shape index (κ2) is 12.3. The highest BCUT2D eigenvalue weighted by molar-refractivity contribution is 9.10. The monoisotopic (exact) mass is 446 g/mol. The maximum Gasteiger partial charge on any atom is 0.338 e. The van der Waals surface area contributed by atoms with Gasteiger partial charge in [0.2, 0.25) is 0 Å². The van der Waals surface area contributed by atoms with Crippen LogP contribution in [-0.2, 0) is 15.9 Å². The van der Waals surface area contributed by atoms with Gasteiger partial charge in [0.05, 0.1) is 24.3 Å². The number of hydrogen-bond donors (Lipinski definition) is 0. The van der Waals surface area contributed by atoms with E-state index in [9.17, 15) is 9.59 Å². The maximum absolute atomic E-state index is 12.1. The van der Waals surface area contributed by atoms with Gasteiger partial charge < -0.3 is 9.47 Å². The van der Waals surface area contributed by atoms with E-state index >= 15 is 0 Å². The largest absolute Gasteiger partial charge is 0.462 e. The summed E-state index contributed by atoms with van der Waals surface area (Å²) < 4.78 is 11.6. The number of unbranched alkanes of at least 4 members (excludes halogenated alkanes) is 4. The fourth-order valence-corrected chi connectivity index (χ4v) is 3.22. The van der Waals surface area contributed by atoms with Crippen LogP contribution in [0.3, 0.4) is 0 Å². The fourth-order valence-electron chi connectivity index (χ4n) is 2.73. The van der Waals surface area contributed by atoms with Gasteiger partial charge in [-0.2, -0.15) is 0 Å². The molecule has 0 amide bonds. The lowest BCUT2D eigenvalue weighted by Gasteiger charge is -2.08. The normalized spacial score (nSPS) is 10.5. The second-order valence-corrected chi connectivity index (χ2v) is 7.46. The van der Waals surface area contributed by atoms with Crippen LogP contribution in [0.15, 0.2) is 53.0 Å².